The van der Waals surface area contributed by atoms with E-state index in [-0.39, 0.29) is 5.92 Å². The molecule has 0 aromatic carbocycles. The summed E-state index contributed by atoms with van der Waals surface area (Å²) in [6.45, 7) is 2.44. The van der Waals surface area contributed by atoms with Crippen LogP contribution >= 0.6 is 11.8 Å². The van der Waals surface area contributed by atoms with Gasteiger partial charge in [-0.25, -0.2) is 0 Å². The predicted molar refractivity (Wildman–Crippen MR) is 98.4 cm³/mol. The number of nitrogens with zero attached hydrogens (tertiary/aromatic N) is 3. The van der Waals surface area contributed by atoms with Crippen LogP contribution < -0.4 is 0 Å². The lowest BCUT2D eigenvalue weighted by molar-refractivity contribution is -0.141. The fraction of sp³-hybridized carbons (Fsp3) is 0.842. The van der Waals surface area contributed by atoms with Gasteiger partial charge in [0.2, 0.25) is 0 Å². The zero-order valence-electron chi connectivity index (χ0n) is 15.4. The minimum absolute atomic E-state index is 0.209. The first-order chi connectivity index (χ1) is 12.4. The predicted octanol–water partition coefficient (Wildman–Crippen LogP) is 4.68. The highest BCUT2D eigenvalue weighted by molar-refractivity contribution is 7.99. The van der Waals surface area contributed by atoms with Gasteiger partial charge in [0.25, 0.3) is 0 Å². The molecule has 3 heterocycles. The SMILES string of the molecule is Cn1nc(C(F)(F)F)cc1C1CCC(N2CCCC3(CCSC3)C2)CC1. The highest BCUT2D eigenvalue weighted by Crippen LogP contribution is 2.45. The van der Waals surface area contributed by atoms with Crippen LogP contribution in [0.5, 0.6) is 0 Å². The fourth-order valence-corrected chi connectivity index (χ4v) is 6.80. The lowest BCUT2D eigenvalue weighted by atomic mass is 9.77. The van der Waals surface area contributed by atoms with Gasteiger partial charge in [0.1, 0.15) is 0 Å². The quantitative estimate of drug-likeness (QED) is 0.735. The number of hydrogen-bond donors (Lipinski definition) is 0. The molecule has 2 saturated heterocycles. The van der Waals surface area contributed by atoms with E-state index in [0.29, 0.717) is 11.5 Å². The fourth-order valence-electron chi connectivity index (χ4n) is 5.27. The smallest absolute Gasteiger partial charge is 0.300 e. The van der Waals surface area contributed by atoms with Gasteiger partial charge in [-0.2, -0.15) is 30.0 Å². The molecule has 26 heavy (non-hydrogen) atoms. The maximum absolute atomic E-state index is 12.9. The van der Waals surface area contributed by atoms with E-state index in [4.69, 9.17) is 0 Å². The first kappa shape index (κ1) is 18.7. The maximum atomic E-state index is 12.9. The Balaban J connectivity index is 1.38. The van der Waals surface area contributed by atoms with Crippen LogP contribution in [0.15, 0.2) is 6.07 Å². The van der Waals surface area contributed by atoms with Crippen molar-refractivity contribution in [2.45, 2.75) is 63.1 Å². The molecule has 0 bridgehead atoms. The zero-order chi connectivity index (χ0) is 18.4. The molecule has 3 fully saturated rings. The van der Waals surface area contributed by atoms with Gasteiger partial charge in [0.15, 0.2) is 5.69 Å². The van der Waals surface area contributed by atoms with Crippen molar-refractivity contribution in [3.05, 3.63) is 17.5 Å². The summed E-state index contributed by atoms with van der Waals surface area (Å²) >= 11 is 2.10. The van der Waals surface area contributed by atoms with E-state index in [0.717, 1.165) is 31.4 Å². The van der Waals surface area contributed by atoms with E-state index in [1.807, 2.05) is 0 Å². The second kappa shape index (κ2) is 7.04. The van der Waals surface area contributed by atoms with E-state index in [1.165, 1.54) is 54.6 Å². The van der Waals surface area contributed by atoms with Crippen LogP contribution in [0, 0.1) is 5.41 Å². The van der Waals surface area contributed by atoms with Crippen molar-refractivity contribution >= 4 is 11.8 Å². The molecule has 146 valence electrons. The number of halogens is 3. The van der Waals surface area contributed by atoms with Gasteiger partial charge in [-0.3, -0.25) is 9.58 Å². The van der Waals surface area contributed by atoms with E-state index in [9.17, 15) is 13.2 Å². The van der Waals surface area contributed by atoms with Crippen molar-refractivity contribution < 1.29 is 13.2 Å². The van der Waals surface area contributed by atoms with Crippen LogP contribution in [-0.4, -0.2) is 45.3 Å². The number of likely N-dealkylation sites (tertiary alicyclic amines) is 1. The molecule has 3 aliphatic rings. The normalized spacial score (nSPS) is 33.8. The van der Waals surface area contributed by atoms with Crippen LogP contribution in [0.1, 0.15) is 62.3 Å². The molecule has 4 rings (SSSR count). The Morgan fingerprint density at radius 1 is 1.19 bits per heavy atom. The van der Waals surface area contributed by atoms with Crippen LogP contribution in [0.3, 0.4) is 0 Å². The molecule has 0 amide bonds. The molecule has 1 aromatic rings. The summed E-state index contributed by atoms with van der Waals surface area (Å²) in [5, 5.41) is 3.69. The van der Waals surface area contributed by atoms with Gasteiger partial charge < -0.3 is 0 Å². The van der Waals surface area contributed by atoms with Gasteiger partial charge in [-0.05, 0) is 68.7 Å². The Hall–Kier alpha value is -0.690. The lowest BCUT2D eigenvalue weighted by Gasteiger charge is -2.45. The number of piperidine rings is 1. The number of aromatic nitrogens is 2. The molecular formula is C19H28F3N3S. The number of hydrogen-bond acceptors (Lipinski definition) is 3. The van der Waals surface area contributed by atoms with Crippen LogP contribution in [-0.2, 0) is 13.2 Å². The van der Waals surface area contributed by atoms with E-state index in [1.54, 1.807) is 7.05 Å². The molecule has 3 nitrogen and oxygen atoms in total. The van der Waals surface area contributed by atoms with E-state index < -0.39 is 11.9 Å². The van der Waals surface area contributed by atoms with Crippen molar-refractivity contribution in [2.75, 3.05) is 24.6 Å². The Morgan fingerprint density at radius 3 is 2.58 bits per heavy atom. The Bertz CT molecular complexity index is 628. The average Bonchev–Trinajstić information content (AvgIpc) is 3.22. The van der Waals surface area contributed by atoms with Crippen LogP contribution in [0.4, 0.5) is 13.2 Å². The molecular weight excluding hydrogens is 359 g/mol. The van der Waals surface area contributed by atoms with E-state index >= 15 is 0 Å². The molecule has 2 aliphatic heterocycles. The van der Waals surface area contributed by atoms with Gasteiger partial charge in [0.05, 0.1) is 0 Å². The molecule has 0 N–H and O–H groups in total. The monoisotopic (exact) mass is 387 g/mol. The summed E-state index contributed by atoms with van der Waals surface area (Å²) in [7, 11) is 1.64. The third kappa shape index (κ3) is 3.66. The standard InChI is InChI=1S/C19H28F3N3S/c1-24-16(11-17(23-24)19(20,21)22)14-3-5-15(6-4-14)25-9-2-7-18(12-25)8-10-26-13-18/h11,14-15H,2-10,12-13H2,1H3. The third-order valence-electron chi connectivity index (χ3n) is 6.71. The summed E-state index contributed by atoms with van der Waals surface area (Å²) in [4.78, 5) is 2.70. The number of aryl methyl sites for hydroxylation is 1. The Morgan fingerprint density at radius 2 is 1.96 bits per heavy atom. The number of alkyl halides is 3. The highest BCUT2D eigenvalue weighted by atomic mass is 32.2. The number of rotatable bonds is 2. The van der Waals surface area contributed by atoms with Gasteiger partial charge >= 0.3 is 6.18 Å². The molecule has 1 aromatic heterocycles. The topological polar surface area (TPSA) is 21.1 Å². The second-order valence-electron chi connectivity index (χ2n) is 8.46. The third-order valence-corrected chi connectivity index (χ3v) is 8.02. The van der Waals surface area contributed by atoms with Gasteiger partial charge in [-0.1, -0.05) is 0 Å². The summed E-state index contributed by atoms with van der Waals surface area (Å²) < 4.78 is 40.2. The van der Waals surface area contributed by atoms with Crippen molar-refractivity contribution in [1.29, 1.82) is 0 Å². The van der Waals surface area contributed by atoms with Crippen LogP contribution in [0.2, 0.25) is 0 Å². The minimum Gasteiger partial charge on any atom is -0.300 e. The van der Waals surface area contributed by atoms with Crippen molar-refractivity contribution in [2.24, 2.45) is 12.5 Å². The van der Waals surface area contributed by atoms with Crippen molar-refractivity contribution in [1.82, 2.24) is 14.7 Å². The Labute approximate surface area is 157 Å². The molecule has 1 aliphatic carbocycles. The highest BCUT2D eigenvalue weighted by Gasteiger charge is 2.41. The summed E-state index contributed by atoms with van der Waals surface area (Å²) in [5.41, 5.74) is 0.538. The summed E-state index contributed by atoms with van der Waals surface area (Å²) in [5.74, 6) is 2.83. The zero-order valence-corrected chi connectivity index (χ0v) is 16.2. The first-order valence-electron chi connectivity index (χ1n) is 9.79. The van der Waals surface area contributed by atoms with Crippen molar-refractivity contribution in [3.63, 3.8) is 0 Å². The average molecular weight is 388 g/mol. The first-order valence-corrected chi connectivity index (χ1v) is 10.9. The van der Waals surface area contributed by atoms with Gasteiger partial charge in [-0.15, -0.1) is 0 Å². The van der Waals surface area contributed by atoms with E-state index in [2.05, 4.69) is 21.8 Å². The Kier molecular flexibility index (Phi) is 5.05. The van der Waals surface area contributed by atoms with Crippen molar-refractivity contribution in [3.8, 4) is 0 Å². The largest absolute Gasteiger partial charge is 0.435 e. The molecule has 1 atom stereocenters. The molecule has 1 saturated carbocycles. The second-order valence-corrected chi connectivity index (χ2v) is 9.56. The van der Waals surface area contributed by atoms with Crippen LogP contribution in [0.25, 0.3) is 0 Å². The minimum atomic E-state index is -4.35. The molecule has 1 spiro atoms. The number of thioether (sulfide) groups is 1. The summed E-state index contributed by atoms with van der Waals surface area (Å²) in [6, 6.07) is 1.88. The molecule has 0 radical (unpaired) electrons. The molecule has 7 heteroatoms. The van der Waals surface area contributed by atoms with Gasteiger partial charge in [0, 0.05) is 37.0 Å². The summed E-state index contributed by atoms with van der Waals surface area (Å²) in [6.07, 6.45) is 3.83. The maximum Gasteiger partial charge on any atom is 0.435 e. The lowest BCUT2D eigenvalue weighted by Crippen LogP contribution is -2.49. The molecule has 1 unspecified atom stereocenters.